The Morgan fingerprint density at radius 1 is 1.42 bits per heavy atom. The minimum absolute atomic E-state index is 0.0656. The Morgan fingerprint density at radius 2 is 2.26 bits per heavy atom. The lowest BCUT2D eigenvalue weighted by Crippen LogP contribution is -2.38. The summed E-state index contributed by atoms with van der Waals surface area (Å²) in [6, 6.07) is 2.00. The lowest BCUT2D eigenvalue weighted by molar-refractivity contribution is 0.469. The Labute approximate surface area is 118 Å². The van der Waals surface area contributed by atoms with Gasteiger partial charge in [-0.2, -0.15) is 0 Å². The number of rotatable bonds is 5. The number of nitrogens with one attached hydrogen (secondary N) is 2. The smallest absolute Gasteiger partial charge is 0.251 e. The molecule has 1 aliphatic carbocycles. The second-order valence-electron chi connectivity index (χ2n) is 5.09. The molecule has 5 heteroatoms. The van der Waals surface area contributed by atoms with Crippen LogP contribution in [0.4, 0.5) is 0 Å². The van der Waals surface area contributed by atoms with Gasteiger partial charge in [-0.05, 0) is 25.8 Å². The van der Waals surface area contributed by atoms with Gasteiger partial charge in [0, 0.05) is 23.6 Å². The Morgan fingerprint density at radius 3 is 3.05 bits per heavy atom. The van der Waals surface area contributed by atoms with Crippen molar-refractivity contribution in [1.29, 1.82) is 0 Å². The van der Waals surface area contributed by atoms with Crippen molar-refractivity contribution in [2.24, 2.45) is 0 Å². The third-order valence-corrected chi connectivity index (χ3v) is 4.82. The molecule has 2 unspecified atom stereocenters. The van der Waals surface area contributed by atoms with Crippen molar-refractivity contribution in [3.8, 4) is 0 Å². The van der Waals surface area contributed by atoms with Gasteiger partial charge in [-0.25, -0.2) is 4.98 Å². The van der Waals surface area contributed by atoms with Crippen LogP contribution in [0.2, 0.25) is 0 Å². The standard InChI is InChI=1S/C14H23N3OS/c1-2-9-15-11-6-4-3-5-7-12(11)19-14-16-10-8-13(18)17-14/h8,10-12,15H,2-7,9H2,1H3,(H,16,17,18). The highest BCUT2D eigenvalue weighted by Gasteiger charge is 2.24. The Kier molecular flexibility index (Phi) is 5.92. The predicted octanol–water partition coefficient (Wildman–Crippen LogP) is 2.56. The monoisotopic (exact) mass is 281 g/mol. The summed E-state index contributed by atoms with van der Waals surface area (Å²) in [6.07, 6.45) is 9.08. The van der Waals surface area contributed by atoms with Crippen molar-refractivity contribution in [3.05, 3.63) is 22.6 Å². The number of H-pyrrole nitrogens is 1. The van der Waals surface area contributed by atoms with Crippen LogP contribution in [0.15, 0.2) is 22.2 Å². The van der Waals surface area contributed by atoms with Crippen LogP contribution in [-0.2, 0) is 0 Å². The molecule has 2 atom stereocenters. The molecule has 106 valence electrons. The molecule has 1 heterocycles. The predicted molar refractivity (Wildman–Crippen MR) is 79.7 cm³/mol. The molecule has 1 aromatic rings. The lowest BCUT2D eigenvalue weighted by atomic mass is 10.1. The van der Waals surface area contributed by atoms with Crippen molar-refractivity contribution in [1.82, 2.24) is 15.3 Å². The molecule has 1 saturated carbocycles. The molecular weight excluding hydrogens is 258 g/mol. The molecule has 0 radical (unpaired) electrons. The third-order valence-electron chi connectivity index (χ3n) is 3.52. The quantitative estimate of drug-likeness (QED) is 0.643. The zero-order valence-electron chi connectivity index (χ0n) is 11.5. The van der Waals surface area contributed by atoms with Gasteiger partial charge < -0.3 is 10.3 Å². The van der Waals surface area contributed by atoms with Crippen LogP contribution in [0.3, 0.4) is 0 Å². The first kappa shape index (κ1) is 14.6. The van der Waals surface area contributed by atoms with E-state index < -0.39 is 0 Å². The van der Waals surface area contributed by atoms with E-state index in [4.69, 9.17) is 0 Å². The number of hydrogen-bond donors (Lipinski definition) is 2. The zero-order valence-corrected chi connectivity index (χ0v) is 12.3. The molecule has 1 fully saturated rings. The molecule has 0 saturated heterocycles. The first-order valence-corrected chi connectivity index (χ1v) is 8.13. The summed E-state index contributed by atoms with van der Waals surface area (Å²) in [5.41, 5.74) is -0.0656. The molecular formula is C14H23N3OS. The first-order valence-electron chi connectivity index (χ1n) is 7.25. The van der Waals surface area contributed by atoms with Gasteiger partial charge in [0.1, 0.15) is 0 Å². The second kappa shape index (κ2) is 7.70. The molecule has 2 rings (SSSR count). The van der Waals surface area contributed by atoms with Crippen LogP contribution in [0.1, 0.15) is 45.4 Å². The summed E-state index contributed by atoms with van der Waals surface area (Å²) >= 11 is 1.72. The second-order valence-corrected chi connectivity index (χ2v) is 6.32. The summed E-state index contributed by atoms with van der Waals surface area (Å²) in [5, 5.41) is 4.92. The molecule has 0 spiro atoms. The molecule has 19 heavy (non-hydrogen) atoms. The van der Waals surface area contributed by atoms with E-state index in [1.165, 1.54) is 38.2 Å². The zero-order chi connectivity index (χ0) is 13.5. The summed E-state index contributed by atoms with van der Waals surface area (Å²) in [5.74, 6) is 0. The SMILES string of the molecule is CCCNC1CCCCCC1Sc1nccc(=O)[nH]1. The maximum Gasteiger partial charge on any atom is 0.251 e. The number of aromatic nitrogens is 2. The maximum absolute atomic E-state index is 11.3. The molecule has 2 N–H and O–H groups in total. The molecule has 1 aromatic heterocycles. The van der Waals surface area contributed by atoms with Gasteiger partial charge in [0.15, 0.2) is 5.16 Å². The van der Waals surface area contributed by atoms with Gasteiger partial charge in [-0.15, -0.1) is 0 Å². The Hall–Kier alpha value is -0.810. The van der Waals surface area contributed by atoms with Gasteiger partial charge in [0.25, 0.3) is 5.56 Å². The van der Waals surface area contributed by atoms with E-state index in [1.54, 1.807) is 18.0 Å². The van der Waals surface area contributed by atoms with Crippen LogP contribution < -0.4 is 10.9 Å². The van der Waals surface area contributed by atoms with E-state index in [1.807, 2.05) is 0 Å². The van der Waals surface area contributed by atoms with Crippen LogP contribution in [-0.4, -0.2) is 27.8 Å². The highest BCUT2D eigenvalue weighted by Crippen LogP contribution is 2.30. The van der Waals surface area contributed by atoms with E-state index >= 15 is 0 Å². The van der Waals surface area contributed by atoms with Crippen LogP contribution in [0.25, 0.3) is 0 Å². The Bertz CT molecular complexity index is 435. The first-order chi connectivity index (χ1) is 9.29. The normalized spacial score (nSPS) is 24.1. The van der Waals surface area contributed by atoms with Gasteiger partial charge in [0.05, 0.1) is 0 Å². The van der Waals surface area contributed by atoms with E-state index in [0.29, 0.717) is 11.3 Å². The average Bonchev–Trinajstić information content (AvgIpc) is 2.62. The number of hydrogen-bond acceptors (Lipinski definition) is 4. The van der Waals surface area contributed by atoms with Crippen molar-refractivity contribution >= 4 is 11.8 Å². The molecule has 1 aliphatic rings. The van der Waals surface area contributed by atoms with Gasteiger partial charge in [0.2, 0.25) is 0 Å². The number of aromatic amines is 1. The fourth-order valence-corrected chi connectivity index (χ4v) is 3.78. The van der Waals surface area contributed by atoms with Gasteiger partial charge >= 0.3 is 0 Å². The van der Waals surface area contributed by atoms with Crippen molar-refractivity contribution in [3.63, 3.8) is 0 Å². The minimum atomic E-state index is -0.0656. The third kappa shape index (κ3) is 4.66. The number of nitrogens with zero attached hydrogens (tertiary/aromatic N) is 1. The van der Waals surface area contributed by atoms with E-state index in [9.17, 15) is 4.79 Å². The fourth-order valence-electron chi connectivity index (χ4n) is 2.53. The summed E-state index contributed by atoms with van der Waals surface area (Å²) in [7, 11) is 0. The largest absolute Gasteiger partial charge is 0.313 e. The van der Waals surface area contributed by atoms with Gasteiger partial charge in [-0.3, -0.25) is 4.79 Å². The highest BCUT2D eigenvalue weighted by atomic mass is 32.2. The van der Waals surface area contributed by atoms with E-state index in [0.717, 1.165) is 18.1 Å². The van der Waals surface area contributed by atoms with E-state index in [2.05, 4.69) is 22.2 Å². The van der Waals surface area contributed by atoms with Gasteiger partial charge in [-0.1, -0.05) is 37.9 Å². The lowest BCUT2D eigenvalue weighted by Gasteiger charge is -2.25. The van der Waals surface area contributed by atoms with Crippen LogP contribution >= 0.6 is 11.8 Å². The Balaban J connectivity index is 2.02. The fraction of sp³-hybridized carbons (Fsp3) is 0.714. The molecule has 0 aliphatic heterocycles. The molecule has 0 bridgehead atoms. The summed E-state index contributed by atoms with van der Waals surface area (Å²) in [6.45, 7) is 3.27. The topological polar surface area (TPSA) is 57.8 Å². The van der Waals surface area contributed by atoms with Crippen molar-refractivity contribution in [2.75, 3.05) is 6.54 Å². The molecule has 0 aromatic carbocycles. The summed E-state index contributed by atoms with van der Waals surface area (Å²) in [4.78, 5) is 18.4. The maximum atomic E-state index is 11.3. The molecule has 0 amide bonds. The van der Waals surface area contributed by atoms with Crippen molar-refractivity contribution < 1.29 is 0 Å². The average molecular weight is 281 g/mol. The highest BCUT2D eigenvalue weighted by molar-refractivity contribution is 7.99. The van der Waals surface area contributed by atoms with Crippen molar-refractivity contribution in [2.45, 2.75) is 61.9 Å². The number of thioether (sulfide) groups is 1. The summed E-state index contributed by atoms with van der Waals surface area (Å²) < 4.78 is 0. The minimum Gasteiger partial charge on any atom is -0.313 e. The van der Waals surface area contributed by atoms with E-state index in [-0.39, 0.29) is 5.56 Å². The van der Waals surface area contributed by atoms with Crippen LogP contribution in [0, 0.1) is 0 Å². The van der Waals surface area contributed by atoms with Crippen LogP contribution in [0.5, 0.6) is 0 Å². The molecule has 4 nitrogen and oxygen atoms in total.